The summed E-state index contributed by atoms with van der Waals surface area (Å²) in [5, 5.41) is 1.44. The number of hydrogen-bond acceptors (Lipinski definition) is 9. The molecule has 0 spiro atoms. The molecule has 1 heterocycles. The Labute approximate surface area is 254 Å². The highest BCUT2D eigenvalue weighted by atomic mass is 35.5. The molecule has 0 radical (unpaired) electrons. The van der Waals surface area contributed by atoms with Crippen LogP contribution in [0.25, 0.3) is 10.8 Å². The van der Waals surface area contributed by atoms with Gasteiger partial charge in [-0.2, -0.15) is 4.31 Å². The minimum absolute atomic E-state index is 0.0341. The topological polar surface area (TPSA) is 106 Å². The Hall–Kier alpha value is -3.93. The summed E-state index contributed by atoms with van der Waals surface area (Å²) < 4.78 is 40.3. The van der Waals surface area contributed by atoms with E-state index in [1.807, 2.05) is 0 Å². The number of halogens is 1. The van der Waals surface area contributed by atoms with Crippen LogP contribution in [-0.4, -0.2) is 49.9 Å². The van der Waals surface area contributed by atoms with Gasteiger partial charge in [-0.05, 0) is 52.0 Å². The zero-order valence-corrected chi connectivity index (χ0v) is 26.3. The summed E-state index contributed by atoms with van der Waals surface area (Å²) in [6.45, 7) is 6.69. The van der Waals surface area contributed by atoms with Crippen molar-refractivity contribution in [2.45, 2.75) is 38.2 Å². The number of rotatable bonds is 8. The van der Waals surface area contributed by atoms with Gasteiger partial charge >= 0.3 is 6.09 Å². The first kappa shape index (κ1) is 31.0. The number of carbonyl (C=O) groups excluding carboxylic acids is 2. The van der Waals surface area contributed by atoms with E-state index in [1.54, 1.807) is 83.2 Å². The molecule has 0 saturated carbocycles. The number of thiazole rings is 1. The summed E-state index contributed by atoms with van der Waals surface area (Å²) in [4.78, 5) is 32.6. The van der Waals surface area contributed by atoms with Crippen LogP contribution in [0.2, 0.25) is 5.02 Å². The van der Waals surface area contributed by atoms with Gasteiger partial charge in [-0.15, -0.1) is 11.3 Å². The molecule has 220 valence electrons. The number of allylic oxidation sites excluding steroid dienone is 1. The molecule has 0 N–H and O–H groups in total. The van der Waals surface area contributed by atoms with Crippen molar-refractivity contribution in [1.82, 2.24) is 9.88 Å². The molecule has 1 amide bonds. The van der Waals surface area contributed by atoms with E-state index in [9.17, 15) is 18.0 Å². The van der Waals surface area contributed by atoms with Gasteiger partial charge in [0.05, 0.1) is 15.7 Å². The summed E-state index contributed by atoms with van der Waals surface area (Å²) in [6, 6.07) is 15.7. The second-order valence-electron chi connectivity index (χ2n) is 10.4. The van der Waals surface area contributed by atoms with Gasteiger partial charge in [0.25, 0.3) is 10.0 Å². The molecule has 9 nitrogen and oxygen atoms in total. The molecule has 42 heavy (non-hydrogen) atoms. The van der Waals surface area contributed by atoms with E-state index < -0.39 is 21.7 Å². The van der Waals surface area contributed by atoms with Gasteiger partial charge in [0.2, 0.25) is 11.7 Å². The number of anilines is 1. The van der Waals surface area contributed by atoms with Crippen molar-refractivity contribution < 1.29 is 27.5 Å². The first-order valence-electron chi connectivity index (χ1n) is 12.8. The lowest BCUT2D eigenvalue weighted by molar-refractivity contribution is 0.0609. The van der Waals surface area contributed by atoms with Crippen LogP contribution in [0.1, 0.15) is 35.5 Å². The fourth-order valence-electron chi connectivity index (χ4n) is 3.93. The molecule has 0 atom stereocenters. The van der Waals surface area contributed by atoms with Crippen molar-refractivity contribution in [2.24, 2.45) is 0 Å². The lowest BCUT2D eigenvalue weighted by Gasteiger charge is -2.28. The summed E-state index contributed by atoms with van der Waals surface area (Å²) >= 11 is 7.48. The quantitative estimate of drug-likeness (QED) is 0.147. The number of carbonyl (C=O) groups is 2. The third-order valence-corrected chi connectivity index (χ3v) is 8.80. The second kappa shape index (κ2) is 12.1. The van der Waals surface area contributed by atoms with Crippen LogP contribution in [-0.2, 0) is 14.8 Å². The highest BCUT2D eigenvalue weighted by Crippen LogP contribution is 2.40. The molecule has 3 aromatic carbocycles. The largest absolute Gasteiger partial charge is 0.443 e. The van der Waals surface area contributed by atoms with Crippen LogP contribution >= 0.6 is 22.9 Å². The Kier molecular flexibility index (Phi) is 8.95. The average molecular weight is 628 g/mol. The SMILES string of the molecule is Cc1nc(Oc2ccc(N(C(=O)OC(C)(C)C)S(=O)(=O)c3ccccc3Cl)c3ccccc23)c(C(=O)/C=C/N(C)C)s1. The van der Waals surface area contributed by atoms with E-state index in [0.29, 0.717) is 30.7 Å². The standard InChI is InChI=1S/C30H30ClN3O6S2/c1-19-32-28(27(41-19)24(35)17-18-33(5)6)39-25-16-15-23(20-11-7-8-12-21(20)25)34(29(36)40-30(2,3)4)42(37,38)26-14-10-9-13-22(26)31/h7-18H,1-6H3/b18-17+. The minimum atomic E-state index is -4.53. The molecule has 0 unspecified atom stereocenters. The number of nitrogens with zero attached hydrogens (tertiary/aromatic N) is 3. The van der Waals surface area contributed by atoms with Crippen LogP contribution < -0.4 is 9.04 Å². The van der Waals surface area contributed by atoms with Gasteiger partial charge in [-0.25, -0.2) is 18.2 Å². The number of benzene rings is 3. The number of aryl methyl sites for hydroxylation is 1. The number of aromatic nitrogens is 1. The van der Waals surface area contributed by atoms with Gasteiger partial charge < -0.3 is 14.4 Å². The lowest BCUT2D eigenvalue weighted by atomic mass is 10.1. The van der Waals surface area contributed by atoms with Gasteiger partial charge in [-0.1, -0.05) is 48.0 Å². The van der Waals surface area contributed by atoms with Crippen molar-refractivity contribution >= 4 is 61.3 Å². The zero-order valence-electron chi connectivity index (χ0n) is 23.9. The van der Waals surface area contributed by atoms with Crippen molar-refractivity contribution in [3.8, 4) is 11.6 Å². The molecule has 0 fully saturated rings. The van der Waals surface area contributed by atoms with E-state index in [2.05, 4.69) is 4.98 Å². The van der Waals surface area contributed by atoms with Gasteiger partial charge in [0.1, 0.15) is 21.1 Å². The van der Waals surface area contributed by atoms with E-state index in [4.69, 9.17) is 21.1 Å². The maximum absolute atomic E-state index is 14.0. The molecule has 1 aromatic heterocycles. The Morgan fingerprint density at radius 3 is 2.26 bits per heavy atom. The molecule has 4 rings (SSSR count). The van der Waals surface area contributed by atoms with E-state index in [-0.39, 0.29) is 27.3 Å². The first-order chi connectivity index (χ1) is 19.7. The highest BCUT2D eigenvalue weighted by molar-refractivity contribution is 7.93. The smallest absolute Gasteiger partial charge is 0.429 e. The molecular weight excluding hydrogens is 598 g/mol. The predicted octanol–water partition coefficient (Wildman–Crippen LogP) is 7.44. The fraction of sp³-hybridized carbons (Fsp3) is 0.233. The summed E-state index contributed by atoms with van der Waals surface area (Å²) in [5.74, 6) is 0.160. The molecular formula is C30H30ClN3O6S2. The summed E-state index contributed by atoms with van der Waals surface area (Å²) in [7, 11) is -0.919. The van der Waals surface area contributed by atoms with Crippen molar-refractivity contribution in [2.75, 3.05) is 18.4 Å². The van der Waals surface area contributed by atoms with E-state index >= 15 is 0 Å². The average Bonchev–Trinajstić information content (AvgIpc) is 3.27. The van der Waals surface area contributed by atoms with E-state index in [0.717, 1.165) is 0 Å². The third kappa shape index (κ3) is 6.75. The summed E-state index contributed by atoms with van der Waals surface area (Å²) in [5.41, 5.74) is -0.955. The fourth-order valence-corrected chi connectivity index (χ4v) is 6.54. The third-order valence-electron chi connectivity index (χ3n) is 5.65. The number of ketones is 1. The lowest BCUT2D eigenvalue weighted by Crippen LogP contribution is -2.41. The van der Waals surface area contributed by atoms with Crippen LogP contribution in [0.3, 0.4) is 0 Å². The second-order valence-corrected chi connectivity index (χ2v) is 13.8. The molecule has 0 saturated heterocycles. The van der Waals surface area contributed by atoms with Crippen LogP contribution in [0.5, 0.6) is 11.6 Å². The normalized spacial score (nSPS) is 12.0. The van der Waals surface area contributed by atoms with Gasteiger partial charge in [0.15, 0.2) is 0 Å². The zero-order chi connectivity index (χ0) is 30.8. The van der Waals surface area contributed by atoms with Crippen LogP contribution in [0.15, 0.2) is 77.8 Å². The Bertz CT molecular complexity index is 1790. The predicted molar refractivity (Wildman–Crippen MR) is 165 cm³/mol. The Morgan fingerprint density at radius 1 is 0.976 bits per heavy atom. The minimum Gasteiger partial charge on any atom is -0.443 e. The monoisotopic (exact) mass is 627 g/mol. The van der Waals surface area contributed by atoms with Crippen LogP contribution in [0.4, 0.5) is 10.5 Å². The van der Waals surface area contributed by atoms with Crippen molar-refractivity contribution in [3.05, 3.63) is 87.8 Å². The molecule has 0 aliphatic carbocycles. The molecule has 0 bridgehead atoms. The highest BCUT2D eigenvalue weighted by Gasteiger charge is 2.37. The van der Waals surface area contributed by atoms with E-state index in [1.165, 1.54) is 47.7 Å². The number of hydrogen-bond donors (Lipinski definition) is 0. The van der Waals surface area contributed by atoms with Crippen LogP contribution in [0, 0.1) is 6.92 Å². The Balaban J connectivity index is 1.87. The van der Waals surface area contributed by atoms with Gasteiger partial charge in [-0.3, -0.25) is 4.79 Å². The number of amides is 1. The molecule has 12 heteroatoms. The maximum atomic E-state index is 14.0. The molecule has 0 aliphatic heterocycles. The Morgan fingerprint density at radius 2 is 1.62 bits per heavy atom. The van der Waals surface area contributed by atoms with Crippen molar-refractivity contribution in [3.63, 3.8) is 0 Å². The number of ether oxygens (including phenoxy) is 2. The van der Waals surface area contributed by atoms with Gasteiger partial charge in [0, 0.05) is 37.1 Å². The molecule has 4 aromatic rings. The number of fused-ring (bicyclic) bond motifs is 1. The number of sulfonamides is 1. The maximum Gasteiger partial charge on any atom is 0.429 e. The van der Waals surface area contributed by atoms with Crippen molar-refractivity contribution in [1.29, 1.82) is 0 Å². The first-order valence-corrected chi connectivity index (χ1v) is 15.4. The molecule has 0 aliphatic rings. The summed E-state index contributed by atoms with van der Waals surface area (Å²) in [6.07, 6.45) is 1.96.